The molecule has 0 aromatic heterocycles. The molecule has 1 aromatic rings. The lowest BCUT2D eigenvalue weighted by atomic mass is 9.86. The summed E-state index contributed by atoms with van der Waals surface area (Å²) in [6.45, 7) is 8.95. The SMILES string of the molecule is C=CC[C@@H]1O[C@@H](COC(C)=O)[C@H](C)[C@@H](OCc2ccccc2)[C@@H]1OC(C)=O. The van der Waals surface area contributed by atoms with Gasteiger partial charge >= 0.3 is 11.9 Å². The van der Waals surface area contributed by atoms with Gasteiger partial charge in [0.05, 0.1) is 12.7 Å². The minimum atomic E-state index is -0.562. The third-order valence-corrected chi connectivity index (χ3v) is 4.58. The largest absolute Gasteiger partial charge is 0.463 e. The molecule has 0 aliphatic carbocycles. The van der Waals surface area contributed by atoms with Crippen LogP contribution < -0.4 is 0 Å². The molecule has 1 aliphatic rings. The van der Waals surface area contributed by atoms with Gasteiger partial charge in [-0.2, -0.15) is 0 Å². The smallest absolute Gasteiger partial charge is 0.303 e. The fraction of sp³-hybridized carbons (Fsp3) is 0.524. The van der Waals surface area contributed by atoms with E-state index < -0.39 is 24.3 Å². The Morgan fingerprint density at radius 3 is 2.41 bits per heavy atom. The third kappa shape index (κ3) is 6.19. The molecule has 5 atom stereocenters. The second-order valence-corrected chi connectivity index (χ2v) is 6.73. The average Bonchev–Trinajstić information content (AvgIpc) is 2.63. The van der Waals surface area contributed by atoms with Crippen LogP contribution in [0.15, 0.2) is 43.0 Å². The summed E-state index contributed by atoms with van der Waals surface area (Å²) in [7, 11) is 0. The molecule has 1 aliphatic heterocycles. The van der Waals surface area contributed by atoms with E-state index in [-0.39, 0.29) is 24.6 Å². The second kappa shape index (κ2) is 10.2. The second-order valence-electron chi connectivity index (χ2n) is 6.73. The van der Waals surface area contributed by atoms with Crippen molar-refractivity contribution in [2.75, 3.05) is 6.61 Å². The highest BCUT2D eigenvalue weighted by atomic mass is 16.6. The number of rotatable bonds is 8. The molecule has 148 valence electrons. The molecule has 27 heavy (non-hydrogen) atoms. The van der Waals surface area contributed by atoms with Crippen LogP contribution in [-0.4, -0.2) is 43.0 Å². The predicted molar refractivity (Wildman–Crippen MR) is 99.8 cm³/mol. The molecule has 0 unspecified atom stereocenters. The monoisotopic (exact) mass is 376 g/mol. The Bertz CT molecular complexity index is 629. The van der Waals surface area contributed by atoms with E-state index in [2.05, 4.69) is 6.58 Å². The lowest BCUT2D eigenvalue weighted by molar-refractivity contribution is -0.232. The molecule has 0 amide bonds. The Kier molecular flexibility index (Phi) is 8.00. The van der Waals surface area contributed by atoms with E-state index in [4.69, 9.17) is 18.9 Å². The molecule has 6 heteroatoms. The van der Waals surface area contributed by atoms with Crippen molar-refractivity contribution < 1.29 is 28.5 Å². The average molecular weight is 376 g/mol. The van der Waals surface area contributed by atoms with Crippen molar-refractivity contribution in [2.24, 2.45) is 5.92 Å². The Labute approximate surface area is 160 Å². The number of benzene rings is 1. The van der Waals surface area contributed by atoms with Crippen LogP contribution in [0.3, 0.4) is 0 Å². The van der Waals surface area contributed by atoms with Gasteiger partial charge in [-0.05, 0) is 12.0 Å². The van der Waals surface area contributed by atoms with Crippen LogP contribution in [0.25, 0.3) is 0 Å². The first kappa shape index (κ1) is 21.1. The molecule has 0 radical (unpaired) electrons. The van der Waals surface area contributed by atoms with Gasteiger partial charge in [0.15, 0.2) is 6.10 Å². The highest BCUT2D eigenvalue weighted by Crippen LogP contribution is 2.33. The minimum absolute atomic E-state index is 0.127. The van der Waals surface area contributed by atoms with Crippen LogP contribution in [0.5, 0.6) is 0 Å². The van der Waals surface area contributed by atoms with Gasteiger partial charge < -0.3 is 18.9 Å². The van der Waals surface area contributed by atoms with Crippen molar-refractivity contribution in [2.45, 2.75) is 58.2 Å². The molecule has 0 N–H and O–H groups in total. The molecule has 6 nitrogen and oxygen atoms in total. The van der Waals surface area contributed by atoms with Crippen LogP contribution in [-0.2, 0) is 35.1 Å². The van der Waals surface area contributed by atoms with E-state index in [1.807, 2.05) is 37.3 Å². The van der Waals surface area contributed by atoms with Gasteiger partial charge in [0.25, 0.3) is 0 Å². The van der Waals surface area contributed by atoms with Crippen LogP contribution in [0.2, 0.25) is 0 Å². The zero-order valence-corrected chi connectivity index (χ0v) is 16.1. The maximum atomic E-state index is 11.7. The summed E-state index contributed by atoms with van der Waals surface area (Å²) in [6.07, 6.45) is 0.484. The van der Waals surface area contributed by atoms with E-state index in [0.29, 0.717) is 13.0 Å². The maximum absolute atomic E-state index is 11.7. The first-order valence-electron chi connectivity index (χ1n) is 9.14. The van der Waals surface area contributed by atoms with Gasteiger partial charge in [-0.1, -0.05) is 43.3 Å². The third-order valence-electron chi connectivity index (χ3n) is 4.58. The summed E-state index contributed by atoms with van der Waals surface area (Å²) >= 11 is 0. The predicted octanol–water partition coefficient (Wildman–Crippen LogP) is 3.05. The van der Waals surface area contributed by atoms with E-state index in [1.165, 1.54) is 13.8 Å². The Balaban J connectivity index is 2.20. The number of hydrogen-bond donors (Lipinski definition) is 0. The first-order valence-corrected chi connectivity index (χ1v) is 9.14. The summed E-state index contributed by atoms with van der Waals surface area (Å²) in [6, 6.07) is 9.78. The molecule has 0 bridgehead atoms. The molecular weight excluding hydrogens is 348 g/mol. The van der Waals surface area contributed by atoms with Gasteiger partial charge in [0, 0.05) is 19.8 Å². The molecule has 0 spiro atoms. The summed E-state index contributed by atoms with van der Waals surface area (Å²) in [5.41, 5.74) is 1.02. The van der Waals surface area contributed by atoms with Gasteiger partial charge in [-0.25, -0.2) is 0 Å². The molecule has 1 aromatic carbocycles. The Hall–Kier alpha value is -2.18. The van der Waals surface area contributed by atoms with Crippen molar-refractivity contribution >= 4 is 11.9 Å². The van der Waals surface area contributed by atoms with Crippen molar-refractivity contribution in [1.82, 2.24) is 0 Å². The maximum Gasteiger partial charge on any atom is 0.303 e. The lowest BCUT2D eigenvalue weighted by Gasteiger charge is -2.44. The molecule has 1 heterocycles. The van der Waals surface area contributed by atoms with Gasteiger partial charge in [0.2, 0.25) is 0 Å². The topological polar surface area (TPSA) is 71.1 Å². The molecule has 1 fully saturated rings. The quantitative estimate of drug-likeness (QED) is 0.513. The highest BCUT2D eigenvalue weighted by molar-refractivity contribution is 5.66. The molecular formula is C21H28O6. The normalized spacial score (nSPS) is 27.6. The number of hydrogen-bond acceptors (Lipinski definition) is 6. The van der Waals surface area contributed by atoms with Crippen LogP contribution in [0.1, 0.15) is 32.8 Å². The Morgan fingerprint density at radius 2 is 1.81 bits per heavy atom. The van der Waals surface area contributed by atoms with Crippen molar-refractivity contribution in [3.05, 3.63) is 48.6 Å². The van der Waals surface area contributed by atoms with Crippen LogP contribution in [0.4, 0.5) is 0 Å². The van der Waals surface area contributed by atoms with Gasteiger partial charge in [-0.15, -0.1) is 6.58 Å². The van der Waals surface area contributed by atoms with Gasteiger partial charge in [-0.3, -0.25) is 9.59 Å². The zero-order valence-electron chi connectivity index (χ0n) is 16.1. The number of ether oxygens (including phenoxy) is 4. The minimum Gasteiger partial charge on any atom is -0.463 e. The molecule has 1 saturated heterocycles. The summed E-state index contributed by atoms with van der Waals surface area (Å²) in [4.78, 5) is 22.9. The summed E-state index contributed by atoms with van der Waals surface area (Å²) in [5, 5.41) is 0. The van der Waals surface area contributed by atoms with Crippen molar-refractivity contribution in [3.8, 4) is 0 Å². The highest BCUT2D eigenvalue weighted by Gasteiger charge is 2.46. The molecule has 2 rings (SSSR count). The van der Waals surface area contributed by atoms with E-state index in [1.54, 1.807) is 6.08 Å². The summed E-state index contributed by atoms with van der Waals surface area (Å²) in [5.74, 6) is -0.898. The van der Waals surface area contributed by atoms with Crippen LogP contribution in [0, 0.1) is 5.92 Å². The van der Waals surface area contributed by atoms with Gasteiger partial charge in [0.1, 0.15) is 18.8 Å². The van der Waals surface area contributed by atoms with Crippen molar-refractivity contribution in [3.63, 3.8) is 0 Å². The fourth-order valence-corrected chi connectivity index (χ4v) is 3.24. The fourth-order valence-electron chi connectivity index (χ4n) is 3.24. The Morgan fingerprint density at radius 1 is 1.11 bits per heavy atom. The number of esters is 2. The van der Waals surface area contributed by atoms with E-state index in [9.17, 15) is 9.59 Å². The first-order chi connectivity index (χ1) is 12.9. The van der Waals surface area contributed by atoms with Crippen LogP contribution >= 0.6 is 0 Å². The lowest BCUT2D eigenvalue weighted by Crippen LogP contribution is -2.57. The number of carbonyl (C=O) groups excluding carboxylic acids is 2. The molecule has 0 saturated carbocycles. The zero-order chi connectivity index (χ0) is 19.8. The van der Waals surface area contributed by atoms with E-state index in [0.717, 1.165) is 5.56 Å². The summed E-state index contributed by atoms with van der Waals surface area (Å²) < 4.78 is 23.0. The standard InChI is InChI=1S/C21H28O6/c1-5-9-18-21(26-16(4)23)20(25-12-17-10-7-6-8-11-17)14(2)19(27-18)13-24-15(3)22/h5-8,10-11,14,18-21H,1,9,12-13H2,2-4H3/t14-,18-,19-,20+,21+/m0/s1. The number of carbonyl (C=O) groups is 2. The van der Waals surface area contributed by atoms with Crippen molar-refractivity contribution in [1.29, 1.82) is 0 Å². The van der Waals surface area contributed by atoms with E-state index >= 15 is 0 Å².